The summed E-state index contributed by atoms with van der Waals surface area (Å²) in [6.07, 6.45) is 1.94. The summed E-state index contributed by atoms with van der Waals surface area (Å²) in [5.41, 5.74) is 1.43. The van der Waals surface area contributed by atoms with Crippen LogP contribution >= 0.6 is 11.3 Å². The first kappa shape index (κ1) is 11.1. The molecule has 1 aromatic heterocycles. The van der Waals surface area contributed by atoms with Gasteiger partial charge in [0.25, 0.3) is 0 Å². The Balaban J connectivity index is 1.71. The van der Waals surface area contributed by atoms with Gasteiger partial charge in [-0.2, -0.15) is 0 Å². The highest BCUT2D eigenvalue weighted by Gasteiger charge is 2.26. The largest absolute Gasteiger partial charge is 0.393 e. The number of hydrogen-bond acceptors (Lipinski definition) is 3. The number of rotatable bonds is 4. The molecule has 0 atom stereocenters. The van der Waals surface area contributed by atoms with E-state index in [2.05, 4.69) is 25.2 Å². The van der Waals surface area contributed by atoms with Crippen LogP contribution in [0.25, 0.3) is 0 Å². The van der Waals surface area contributed by atoms with E-state index < -0.39 is 0 Å². The van der Waals surface area contributed by atoms with Crippen LogP contribution in [0, 0.1) is 19.8 Å². The molecule has 0 unspecified atom stereocenters. The molecule has 1 fully saturated rings. The maximum atomic E-state index is 9.16. The molecule has 0 aliphatic heterocycles. The third-order valence-electron chi connectivity index (χ3n) is 3.10. The van der Waals surface area contributed by atoms with Crippen LogP contribution in [0.4, 0.5) is 0 Å². The van der Waals surface area contributed by atoms with Crippen molar-refractivity contribution in [2.24, 2.45) is 5.92 Å². The molecule has 15 heavy (non-hydrogen) atoms. The molecule has 3 heteroatoms. The van der Waals surface area contributed by atoms with Crippen molar-refractivity contribution in [3.63, 3.8) is 0 Å². The smallest absolute Gasteiger partial charge is 0.0546 e. The monoisotopic (exact) mass is 225 g/mol. The maximum absolute atomic E-state index is 9.16. The van der Waals surface area contributed by atoms with E-state index in [4.69, 9.17) is 5.11 Å². The highest BCUT2D eigenvalue weighted by atomic mass is 32.1. The van der Waals surface area contributed by atoms with Crippen molar-refractivity contribution in [2.45, 2.75) is 39.3 Å². The van der Waals surface area contributed by atoms with Crippen LogP contribution in [0.2, 0.25) is 0 Å². The summed E-state index contributed by atoms with van der Waals surface area (Å²) in [5.74, 6) is 0.694. The molecular formula is C12H19NOS. The van der Waals surface area contributed by atoms with Crippen molar-refractivity contribution in [1.82, 2.24) is 5.32 Å². The van der Waals surface area contributed by atoms with Crippen LogP contribution in [-0.4, -0.2) is 17.8 Å². The highest BCUT2D eigenvalue weighted by Crippen LogP contribution is 2.26. The minimum absolute atomic E-state index is 0.0260. The average molecular weight is 225 g/mol. The zero-order chi connectivity index (χ0) is 10.8. The van der Waals surface area contributed by atoms with Gasteiger partial charge in [0.15, 0.2) is 0 Å². The van der Waals surface area contributed by atoms with Crippen molar-refractivity contribution in [1.29, 1.82) is 0 Å². The van der Waals surface area contributed by atoms with Crippen LogP contribution in [0.1, 0.15) is 28.2 Å². The summed E-state index contributed by atoms with van der Waals surface area (Å²) in [5, 5.41) is 12.6. The first-order chi connectivity index (χ1) is 7.15. The van der Waals surface area contributed by atoms with Gasteiger partial charge in [-0.1, -0.05) is 0 Å². The Bertz CT molecular complexity index is 328. The standard InChI is InChI=1S/C12H19NOS/c1-8-3-11(9(2)15-8)7-13-6-10-4-12(14)5-10/h3,10,12-14H,4-7H2,1-2H3. The normalized spacial score (nSPS) is 25.3. The summed E-state index contributed by atoms with van der Waals surface area (Å²) in [4.78, 5) is 2.82. The van der Waals surface area contributed by atoms with Gasteiger partial charge in [-0.05, 0) is 50.8 Å². The Morgan fingerprint density at radius 3 is 2.73 bits per heavy atom. The van der Waals surface area contributed by atoms with Gasteiger partial charge < -0.3 is 10.4 Å². The fourth-order valence-corrected chi connectivity index (χ4v) is 3.08. The van der Waals surface area contributed by atoms with Crippen LogP contribution < -0.4 is 5.32 Å². The van der Waals surface area contributed by atoms with Crippen LogP contribution in [-0.2, 0) is 6.54 Å². The third-order valence-corrected chi connectivity index (χ3v) is 4.11. The third kappa shape index (κ3) is 2.80. The van der Waals surface area contributed by atoms with E-state index >= 15 is 0 Å². The molecule has 0 radical (unpaired) electrons. The summed E-state index contributed by atoms with van der Waals surface area (Å²) in [6.45, 7) is 6.36. The molecule has 1 aliphatic rings. The van der Waals surface area contributed by atoms with Gasteiger partial charge in [0, 0.05) is 16.3 Å². The number of aliphatic hydroxyl groups is 1. The van der Waals surface area contributed by atoms with E-state index in [-0.39, 0.29) is 6.10 Å². The number of aryl methyl sites for hydroxylation is 2. The molecule has 0 aromatic carbocycles. The van der Waals surface area contributed by atoms with Crippen LogP contribution in [0.15, 0.2) is 6.07 Å². The Morgan fingerprint density at radius 2 is 2.20 bits per heavy atom. The van der Waals surface area contributed by atoms with Gasteiger partial charge in [-0.15, -0.1) is 11.3 Å². The molecule has 0 spiro atoms. The van der Waals surface area contributed by atoms with E-state index in [1.54, 1.807) is 0 Å². The molecule has 0 amide bonds. The zero-order valence-electron chi connectivity index (χ0n) is 9.42. The fourth-order valence-electron chi connectivity index (χ4n) is 2.14. The topological polar surface area (TPSA) is 32.3 Å². The van der Waals surface area contributed by atoms with Gasteiger partial charge in [0.05, 0.1) is 6.10 Å². The minimum Gasteiger partial charge on any atom is -0.393 e. The second-order valence-electron chi connectivity index (χ2n) is 4.56. The van der Waals surface area contributed by atoms with Crippen molar-refractivity contribution >= 4 is 11.3 Å². The van der Waals surface area contributed by atoms with Gasteiger partial charge in [-0.25, -0.2) is 0 Å². The summed E-state index contributed by atoms with van der Waals surface area (Å²) < 4.78 is 0. The molecule has 2 nitrogen and oxygen atoms in total. The van der Waals surface area contributed by atoms with Crippen LogP contribution in [0.3, 0.4) is 0 Å². The molecule has 2 N–H and O–H groups in total. The summed E-state index contributed by atoms with van der Waals surface area (Å²) in [7, 11) is 0. The Labute approximate surface area is 95.3 Å². The van der Waals surface area contributed by atoms with Crippen LogP contribution in [0.5, 0.6) is 0 Å². The maximum Gasteiger partial charge on any atom is 0.0546 e. The lowest BCUT2D eigenvalue weighted by atomic mass is 9.82. The molecule has 0 bridgehead atoms. The first-order valence-electron chi connectivity index (χ1n) is 5.60. The number of nitrogens with one attached hydrogen (secondary N) is 1. The zero-order valence-corrected chi connectivity index (χ0v) is 10.2. The van der Waals surface area contributed by atoms with Gasteiger partial charge in [0.1, 0.15) is 0 Å². The Hall–Kier alpha value is -0.380. The van der Waals surface area contributed by atoms with Gasteiger partial charge >= 0.3 is 0 Å². The molecule has 1 aromatic rings. The van der Waals surface area contributed by atoms with Crippen molar-refractivity contribution in [3.05, 3.63) is 21.4 Å². The summed E-state index contributed by atoms with van der Waals surface area (Å²) >= 11 is 1.87. The van der Waals surface area contributed by atoms with Crippen molar-refractivity contribution < 1.29 is 5.11 Å². The van der Waals surface area contributed by atoms with Gasteiger partial charge in [0.2, 0.25) is 0 Å². The van der Waals surface area contributed by atoms with Crippen molar-refractivity contribution in [2.75, 3.05) is 6.54 Å². The lowest BCUT2D eigenvalue weighted by molar-refractivity contribution is 0.0430. The lowest BCUT2D eigenvalue weighted by Gasteiger charge is -2.31. The molecule has 0 saturated heterocycles. The number of hydrogen-bond donors (Lipinski definition) is 2. The minimum atomic E-state index is -0.0260. The van der Waals surface area contributed by atoms with E-state index in [1.165, 1.54) is 15.3 Å². The van der Waals surface area contributed by atoms with E-state index in [9.17, 15) is 0 Å². The van der Waals surface area contributed by atoms with E-state index in [1.807, 2.05) is 11.3 Å². The Kier molecular flexibility index (Phi) is 3.44. The highest BCUT2D eigenvalue weighted by molar-refractivity contribution is 7.12. The van der Waals surface area contributed by atoms with E-state index in [0.29, 0.717) is 5.92 Å². The lowest BCUT2D eigenvalue weighted by Crippen LogP contribution is -2.35. The molecule has 1 aliphatic carbocycles. The summed E-state index contributed by atoms with van der Waals surface area (Å²) in [6, 6.07) is 2.27. The molecular weight excluding hydrogens is 206 g/mol. The van der Waals surface area contributed by atoms with Gasteiger partial charge in [-0.3, -0.25) is 0 Å². The first-order valence-corrected chi connectivity index (χ1v) is 6.41. The Morgan fingerprint density at radius 1 is 1.47 bits per heavy atom. The molecule has 2 rings (SSSR count). The fraction of sp³-hybridized carbons (Fsp3) is 0.667. The SMILES string of the molecule is Cc1cc(CNCC2CC(O)C2)c(C)s1. The molecule has 1 heterocycles. The predicted molar refractivity (Wildman–Crippen MR) is 64.2 cm³/mol. The molecule has 84 valence electrons. The second-order valence-corrected chi connectivity index (χ2v) is 6.02. The predicted octanol–water partition coefficient (Wildman–Crippen LogP) is 2.23. The average Bonchev–Trinajstić information content (AvgIpc) is 2.42. The van der Waals surface area contributed by atoms with E-state index in [0.717, 1.165) is 25.9 Å². The second kappa shape index (κ2) is 4.64. The number of thiophene rings is 1. The van der Waals surface area contributed by atoms with Crippen molar-refractivity contribution in [3.8, 4) is 0 Å². The quantitative estimate of drug-likeness (QED) is 0.823. The number of aliphatic hydroxyl groups excluding tert-OH is 1. The molecule has 1 saturated carbocycles.